The summed E-state index contributed by atoms with van der Waals surface area (Å²) in [6.45, 7) is 1.15. The summed E-state index contributed by atoms with van der Waals surface area (Å²) in [6, 6.07) is 4.69. The van der Waals surface area contributed by atoms with Gasteiger partial charge in [0.25, 0.3) is 5.91 Å². The molecule has 9 heteroatoms. The minimum Gasteiger partial charge on any atom is -0.329 e. The molecule has 0 bridgehead atoms. The summed E-state index contributed by atoms with van der Waals surface area (Å²) in [5, 5.41) is 2.38. The Labute approximate surface area is 150 Å². The van der Waals surface area contributed by atoms with E-state index in [1.54, 1.807) is 12.1 Å². The molecule has 1 aliphatic rings. The van der Waals surface area contributed by atoms with E-state index >= 15 is 0 Å². The lowest BCUT2D eigenvalue weighted by Gasteiger charge is -2.35. The fourth-order valence-corrected chi connectivity index (χ4v) is 2.92. The molecule has 132 valence electrons. The zero-order chi connectivity index (χ0) is 18.8. The Balaban J connectivity index is 1.78. The Bertz CT molecular complexity index is 845. The van der Waals surface area contributed by atoms with Crippen LogP contribution < -0.4 is 10.8 Å². The molecule has 2 aromatic rings. The number of fused-ring (bicyclic) bond motifs is 1. The second-order valence-electron chi connectivity index (χ2n) is 6.09. The molecule has 0 spiro atoms. The first-order valence-corrected chi connectivity index (χ1v) is 7.95. The molecule has 3 rings (SSSR count). The molecule has 2 atom stereocenters. The maximum Gasteiger partial charge on any atom is 0.254 e. The number of rotatable bonds is 4. The number of benzene rings is 1. The highest BCUT2D eigenvalue weighted by molar-refractivity contribution is 6.32. The molecule has 2 amide bonds. The molecule has 1 aliphatic heterocycles. The smallest absolute Gasteiger partial charge is 0.254 e. The number of carbonyl (C=O) groups is 2. The van der Waals surface area contributed by atoms with Crippen molar-refractivity contribution >= 4 is 31.1 Å². The summed E-state index contributed by atoms with van der Waals surface area (Å²) in [7, 11) is 5.75. The molecular weight excluding hydrogens is 341 g/mol. The van der Waals surface area contributed by atoms with Gasteiger partial charge in [-0.3, -0.25) is 14.9 Å². The summed E-state index contributed by atoms with van der Waals surface area (Å²) in [5.41, 5.74) is 1.32. The number of hydrogen-bond acceptors (Lipinski definition) is 4. The highest BCUT2D eigenvalue weighted by Gasteiger charge is 2.35. The van der Waals surface area contributed by atoms with E-state index < -0.39 is 23.8 Å². The van der Waals surface area contributed by atoms with Crippen molar-refractivity contribution in [1.82, 2.24) is 14.9 Å². The maximum atomic E-state index is 14.1. The third-order valence-corrected chi connectivity index (χ3v) is 4.17. The lowest BCUT2D eigenvalue weighted by atomic mass is 9.82. The van der Waals surface area contributed by atoms with Crippen LogP contribution in [-0.4, -0.2) is 53.8 Å². The molecule has 0 fully saturated rings. The molecule has 26 heavy (non-hydrogen) atoms. The summed E-state index contributed by atoms with van der Waals surface area (Å²) in [5.74, 6) is -2.24. The van der Waals surface area contributed by atoms with Crippen LogP contribution in [0.15, 0.2) is 30.6 Å². The molecule has 0 saturated carbocycles. The standard InChI is InChI=1S/C17H15BF2N4O2/c1-9(19)14-7-24(16(26)12-3-2-10(18)4-13(12)14)8-15(25)23-17-21-5-11(20)6-22-17/h2-6,9,14H,7-8H2,1H3,(H,21,22,23,25). The van der Waals surface area contributed by atoms with Gasteiger partial charge in [0.15, 0.2) is 5.82 Å². The normalized spacial score (nSPS) is 17.6. The second kappa shape index (κ2) is 7.19. The third-order valence-electron chi connectivity index (χ3n) is 4.17. The van der Waals surface area contributed by atoms with Gasteiger partial charge in [-0.2, -0.15) is 0 Å². The van der Waals surface area contributed by atoms with Crippen LogP contribution in [0, 0.1) is 5.82 Å². The summed E-state index contributed by atoms with van der Waals surface area (Å²) in [4.78, 5) is 33.3. The summed E-state index contributed by atoms with van der Waals surface area (Å²) < 4.78 is 26.9. The number of nitrogens with one attached hydrogen (secondary N) is 1. The van der Waals surface area contributed by atoms with Gasteiger partial charge in [-0.25, -0.2) is 18.7 Å². The monoisotopic (exact) mass is 356 g/mol. The van der Waals surface area contributed by atoms with Crippen LogP contribution in [-0.2, 0) is 4.79 Å². The van der Waals surface area contributed by atoms with Crippen LogP contribution in [0.1, 0.15) is 28.8 Å². The lowest BCUT2D eigenvalue weighted by Crippen LogP contribution is -2.46. The van der Waals surface area contributed by atoms with E-state index in [1.165, 1.54) is 17.9 Å². The molecule has 2 radical (unpaired) electrons. The quantitative estimate of drug-likeness (QED) is 0.828. The number of nitrogens with zero attached hydrogens (tertiary/aromatic N) is 3. The average Bonchev–Trinajstić information content (AvgIpc) is 2.59. The predicted molar refractivity (Wildman–Crippen MR) is 91.7 cm³/mol. The molecule has 1 N–H and O–H groups in total. The van der Waals surface area contributed by atoms with Gasteiger partial charge in [0.05, 0.1) is 12.4 Å². The van der Waals surface area contributed by atoms with Gasteiger partial charge in [0.1, 0.15) is 20.6 Å². The van der Waals surface area contributed by atoms with Crippen molar-refractivity contribution in [1.29, 1.82) is 0 Å². The van der Waals surface area contributed by atoms with Crippen molar-refractivity contribution in [2.45, 2.75) is 19.0 Å². The van der Waals surface area contributed by atoms with Crippen molar-refractivity contribution in [2.24, 2.45) is 0 Å². The van der Waals surface area contributed by atoms with Crippen LogP contribution in [0.25, 0.3) is 0 Å². The Morgan fingerprint density at radius 3 is 2.77 bits per heavy atom. The first-order valence-electron chi connectivity index (χ1n) is 7.95. The average molecular weight is 356 g/mol. The SMILES string of the molecule is [B]c1ccc2c(c1)C(C(C)F)CN(CC(=O)Nc1ncc(F)cn1)C2=O. The number of anilines is 1. The van der Waals surface area contributed by atoms with Gasteiger partial charge >= 0.3 is 0 Å². The van der Waals surface area contributed by atoms with Crippen molar-refractivity contribution in [2.75, 3.05) is 18.4 Å². The van der Waals surface area contributed by atoms with Crippen LogP contribution in [0.2, 0.25) is 0 Å². The molecule has 0 aliphatic carbocycles. The molecule has 2 unspecified atom stereocenters. The van der Waals surface area contributed by atoms with Gasteiger partial charge in [-0.1, -0.05) is 17.6 Å². The lowest BCUT2D eigenvalue weighted by molar-refractivity contribution is -0.117. The van der Waals surface area contributed by atoms with Crippen LogP contribution in [0.3, 0.4) is 0 Å². The van der Waals surface area contributed by atoms with Gasteiger partial charge in [0, 0.05) is 18.0 Å². The predicted octanol–water partition coefficient (Wildman–Crippen LogP) is 0.946. The van der Waals surface area contributed by atoms with Crippen LogP contribution in [0.5, 0.6) is 0 Å². The van der Waals surface area contributed by atoms with Gasteiger partial charge in [-0.15, -0.1) is 0 Å². The highest BCUT2D eigenvalue weighted by Crippen LogP contribution is 2.31. The van der Waals surface area contributed by atoms with E-state index in [0.717, 1.165) is 12.4 Å². The molecule has 1 aromatic heterocycles. The second-order valence-corrected chi connectivity index (χ2v) is 6.09. The number of hydrogen-bond donors (Lipinski definition) is 1. The Kier molecular flexibility index (Phi) is 4.97. The van der Waals surface area contributed by atoms with Gasteiger partial charge in [-0.05, 0) is 18.6 Å². The fourth-order valence-electron chi connectivity index (χ4n) is 2.92. The van der Waals surface area contributed by atoms with E-state index in [4.69, 9.17) is 7.85 Å². The summed E-state index contributed by atoms with van der Waals surface area (Å²) >= 11 is 0. The summed E-state index contributed by atoms with van der Waals surface area (Å²) in [6.07, 6.45) is 0.598. The van der Waals surface area contributed by atoms with Gasteiger partial charge in [0.2, 0.25) is 11.9 Å². The minimum absolute atomic E-state index is 0.0463. The van der Waals surface area contributed by atoms with Crippen molar-refractivity contribution in [3.05, 3.63) is 47.5 Å². The van der Waals surface area contributed by atoms with Gasteiger partial charge < -0.3 is 4.90 Å². The van der Waals surface area contributed by atoms with Crippen molar-refractivity contribution in [3.63, 3.8) is 0 Å². The first kappa shape index (κ1) is 18.0. The molecule has 0 saturated heterocycles. The largest absolute Gasteiger partial charge is 0.329 e. The minimum atomic E-state index is -1.23. The number of alkyl halides is 1. The van der Waals surface area contributed by atoms with E-state index in [9.17, 15) is 18.4 Å². The van der Waals surface area contributed by atoms with Crippen molar-refractivity contribution < 1.29 is 18.4 Å². The molecular formula is C17H15BF2N4O2. The first-order chi connectivity index (χ1) is 12.3. The van der Waals surface area contributed by atoms with Crippen LogP contribution in [0.4, 0.5) is 14.7 Å². The number of carbonyl (C=O) groups excluding carboxylic acids is 2. The number of aromatic nitrogens is 2. The molecule has 1 aromatic carbocycles. The number of amides is 2. The molecule has 6 nitrogen and oxygen atoms in total. The van der Waals surface area contributed by atoms with E-state index in [-0.39, 0.29) is 24.9 Å². The highest BCUT2D eigenvalue weighted by atomic mass is 19.1. The fraction of sp³-hybridized carbons (Fsp3) is 0.294. The van der Waals surface area contributed by atoms with Crippen LogP contribution >= 0.6 is 0 Å². The third kappa shape index (κ3) is 3.71. The Hall–Kier alpha value is -2.84. The Morgan fingerprint density at radius 1 is 1.42 bits per heavy atom. The zero-order valence-corrected chi connectivity index (χ0v) is 13.9. The Morgan fingerprint density at radius 2 is 2.12 bits per heavy atom. The zero-order valence-electron chi connectivity index (χ0n) is 13.9. The van der Waals surface area contributed by atoms with E-state index in [0.29, 0.717) is 16.6 Å². The topological polar surface area (TPSA) is 75.2 Å². The molecule has 2 heterocycles. The number of halogens is 2. The van der Waals surface area contributed by atoms with E-state index in [2.05, 4.69) is 15.3 Å². The van der Waals surface area contributed by atoms with E-state index in [1.807, 2.05) is 0 Å². The van der Waals surface area contributed by atoms with Crippen molar-refractivity contribution in [3.8, 4) is 0 Å². The maximum absolute atomic E-state index is 14.1.